The number of benzene rings is 3. The predicted molar refractivity (Wildman–Crippen MR) is 103 cm³/mol. The third kappa shape index (κ3) is 2.87. The van der Waals surface area contributed by atoms with Crippen molar-refractivity contribution in [2.24, 2.45) is 0 Å². The molecule has 1 heterocycles. The number of para-hydroxylation sites is 2. The first-order chi connectivity index (χ1) is 14.5. The molecule has 0 aromatic heterocycles. The fourth-order valence-electron chi connectivity index (χ4n) is 4.13. The van der Waals surface area contributed by atoms with Gasteiger partial charge in [0.2, 0.25) is 0 Å². The van der Waals surface area contributed by atoms with E-state index in [1.807, 2.05) is 13.8 Å². The molecule has 8 heteroatoms. The molecule has 0 fully saturated rings. The van der Waals surface area contributed by atoms with E-state index in [2.05, 4.69) is 0 Å². The zero-order valence-corrected chi connectivity index (χ0v) is 16.3. The minimum atomic E-state index is -5.39. The molecule has 3 aromatic rings. The molecule has 3 aromatic carbocycles. The molecule has 1 aliphatic heterocycles. The average molecular weight is 432 g/mol. The lowest BCUT2D eigenvalue weighted by Crippen LogP contribution is -2.32. The molecule has 0 amide bonds. The van der Waals surface area contributed by atoms with Gasteiger partial charge >= 0.3 is 6.18 Å². The van der Waals surface area contributed by atoms with Crippen LogP contribution in [0.25, 0.3) is 0 Å². The summed E-state index contributed by atoms with van der Waals surface area (Å²) in [7, 11) is 0. The van der Waals surface area contributed by atoms with E-state index in [-0.39, 0.29) is 11.4 Å². The van der Waals surface area contributed by atoms with Crippen molar-refractivity contribution < 1.29 is 26.3 Å². The first-order valence-electron chi connectivity index (χ1n) is 9.18. The number of hydrogen-bond donors (Lipinski definition) is 0. The lowest BCUT2D eigenvalue weighted by molar-refractivity contribution is -0.139. The first-order valence-corrected chi connectivity index (χ1v) is 9.18. The second-order valence-electron chi connectivity index (χ2n) is 7.64. The Labute approximate surface area is 174 Å². The maximum atomic E-state index is 15.2. The van der Waals surface area contributed by atoms with Gasteiger partial charge in [-0.1, -0.05) is 50.2 Å². The Morgan fingerprint density at radius 3 is 1.74 bits per heavy atom. The van der Waals surface area contributed by atoms with Crippen LogP contribution in [0.1, 0.15) is 36.1 Å². The van der Waals surface area contributed by atoms with Gasteiger partial charge in [-0.15, -0.1) is 0 Å². The van der Waals surface area contributed by atoms with Crippen LogP contribution in [-0.4, -0.2) is 0 Å². The Bertz CT molecular complexity index is 1200. The second-order valence-corrected chi connectivity index (χ2v) is 7.64. The van der Waals surface area contributed by atoms with E-state index in [0.717, 1.165) is 11.0 Å². The summed E-state index contributed by atoms with van der Waals surface area (Å²) in [5.74, 6) is -6.07. The van der Waals surface area contributed by atoms with Crippen LogP contribution in [0.4, 0.5) is 43.4 Å². The van der Waals surface area contributed by atoms with E-state index < -0.39 is 45.9 Å². The van der Waals surface area contributed by atoms with Gasteiger partial charge < -0.3 is 4.90 Å². The number of hydrogen-bond acceptors (Lipinski definition) is 2. The van der Waals surface area contributed by atoms with Crippen molar-refractivity contribution in [3.63, 3.8) is 0 Å². The van der Waals surface area contributed by atoms with Crippen molar-refractivity contribution in [1.82, 2.24) is 0 Å². The zero-order valence-electron chi connectivity index (χ0n) is 16.3. The van der Waals surface area contributed by atoms with Gasteiger partial charge in [-0.2, -0.15) is 18.4 Å². The maximum Gasteiger partial charge on any atom is 0.421 e. The van der Waals surface area contributed by atoms with Crippen molar-refractivity contribution in [2.45, 2.75) is 25.4 Å². The average Bonchev–Trinajstić information content (AvgIpc) is 2.71. The molecule has 0 N–H and O–H groups in total. The topological polar surface area (TPSA) is 27.0 Å². The van der Waals surface area contributed by atoms with E-state index in [0.29, 0.717) is 11.1 Å². The van der Waals surface area contributed by atoms with Gasteiger partial charge in [-0.25, -0.2) is 13.2 Å². The van der Waals surface area contributed by atoms with Crippen LogP contribution in [0.5, 0.6) is 0 Å². The second kappa shape index (κ2) is 6.77. The third-order valence-corrected chi connectivity index (χ3v) is 5.55. The normalized spacial score (nSPS) is 14.6. The molecule has 0 saturated heterocycles. The molecule has 158 valence electrons. The van der Waals surface area contributed by atoms with Crippen molar-refractivity contribution >= 4 is 17.1 Å². The fraction of sp³-hybridized carbons (Fsp3) is 0.174. The summed E-state index contributed by atoms with van der Waals surface area (Å²) in [6.45, 7) is 3.70. The summed E-state index contributed by atoms with van der Waals surface area (Å²) in [5.41, 5.74) is -4.25. The van der Waals surface area contributed by atoms with E-state index in [9.17, 15) is 22.0 Å². The Hall–Kier alpha value is -3.47. The smallest absolute Gasteiger partial charge is 0.306 e. The van der Waals surface area contributed by atoms with Crippen molar-refractivity contribution in [3.05, 3.63) is 88.2 Å². The molecular formula is C23H14F6N2. The number of fused-ring (bicyclic) bond motifs is 2. The Balaban J connectivity index is 2.20. The van der Waals surface area contributed by atoms with Gasteiger partial charge in [-0.05, 0) is 23.3 Å². The fourth-order valence-corrected chi connectivity index (χ4v) is 4.13. The largest absolute Gasteiger partial charge is 0.421 e. The molecule has 0 unspecified atom stereocenters. The number of anilines is 3. The van der Waals surface area contributed by atoms with Crippen LogP contribution in [0, 0.1) is 28.8 Å². The Morgan fingerprint density at radius 2 is 1.29 bits per heavy atom. The zero-order chi connectivity index (χ0) is 22.7. The molecule has 0 radical (unpaired) electrons. The van der Waals surface area contributed by atoms with Gasteiger partial charge in [-0.3, -0.25) is 0 Å². The van der Waals surface area contributed by atoms with Gasteiger partial charge in [0.1, 0.15) is 22.9 Å². The number of rotatable bonds is 1. The summed E-state index contributed by atoms with van der Waals surface area (Å²) in [4.78, 5) is 0.876. The number of nitriles is 1. The number of halogens is 6. The van der Waals surface area contributed by atoms with E-state index >= 15 is 4.39 Å². The molecule has 0 aliphatic carbocycles. The minimum Gasteiger partial charge on any atom is -0.306 e. The third-order valence-electron chi connectivity index (χ3n) is 5.55. The van der Waals surface area contributed by atoms with Crippen LogP contribution in [0.3, 0.4) is 0 Å². The van der Waals surface area contributed by atoms with Crippen molar-refractivity contribution in [1.29, 1.82) is 5.26 Å². The van der Waals surface area contributed by atoms with Crippen molar-refractivity contribution in [3.8, 4) is 6.07 Å². The van der Waals surface area contributed by atoms with Crippen LogP contribution < -0.4 is 4.90 Å². The monoisotopic (exact) mass is 432 g/mol. The van der Waals surface area contributed by atoms with Gasteiger partial charge in [0.25, 0.3) is 0 Å². The first kappa shape index (κ1) is 20.8. The molecule has 0 bridgehead atoms. The molecule has 2 nitrogen and oxygen atoms in total. The quantitative estimate of drug-likeness (QED) is 0.303. The van der Waals surface area contributed by atoms with Gasteiger partial charge in [0.05, 0.1) is 11.4 Å². The highest BCUT2D eigenvalue weighted by molar-refractivity contribution is 5.87. The highest BCUT2D eigenvalue weighted by Gasteiger charge is 2.46. The van der Waals surface area contributed by atoms with Crippen LogP contribution in [0.15, 0.2) is 48.5 Å². The van der Waals surface area contributed by atoms with Crippen molar-refractivity contribution in [2.75, 3.05) is 4.90 Å². The van der Waals surface area contributed by atoms with Crippen LogP contribution in [0.2, 0.25) is 0 Å². The SMILES string of the molecule is CC1(C)c2ccccc2N(c2c(F)c(F)c(C#N)c(F)c2C(F)(F)F)c2ccccc21. The van der Waals surface area contributed by atoms with Crippen LogP contribution >= 0.6 is 0 Å². The van der Waals surface area contributed by atoms with E-state index in [1.54, 1.807) is 24.3 Å². The molecule has 0 atom stereocenters. The molecule has 1 aliphatic rings. The van der Waals surface area contributed by atoms with Gasteiger partial charge in [0.15, 0.2) is 17.5 Å². The highest BCUT2D eigenvalue weighted by atomic mass is 19.4. The van der Waals surface area contributed by atoms with E-state index in [4.69, 9.17) is 5.26 Å². The highest BCUT2D eigenvalue weighted by Crippen LogP contribution is 2.55. The Kier molecular flexibility index (Phi) is 4.54. The molecular weight excluding hydrogens is 418 g/mol. The summed E-state index contributed by atoms with van der Waals surface area (Å²) >= 11 is 0. The lowest BCUT2D eigenvalue weighted by atomic mass is 9.73. The minimum absolute atomic E-state index is 0.152. The molecule has 0 spiro atoms. The molecule has 0 saturated carbocycles. The predicted octanol–water partition coefficient (Wildman–Crippen LogP) is 7.10. The van der Waals surface area contributed by atoms with E-state index in [1.165, 1.54) is 24.3 Å². The standard InChI is InChI=1S/C23H14F6N2/c1-22(2)13-7-3-5-9-15(13)31(16-10-6-4-8-14(16)22)21-17(23(27,28)29)18(24)12(11-30)19(25)20(21)26/h3-10H,1-2H3. The van der Waals surface area contributed by atoms with Gasteiger partial charge in [0, 0.05) is 5.41 Å². The molecule has 4 rings (SSSR count). The number of nitrogens with zero attached hydrogens (tertiary/aromatic N) is 2. The summed E-state index contributed by atoms with van der Waals surface area (Å²) in [6.07, 6.45) is -5.39. The Morgan fingerprint density at radius 1 is 0.806 bits per heavy atom. The molecule has 31 heavy (non-hydrogen) atoms. The summed E-state index contributed by atoms with van der Waals surface area (Å²) in [6, 6.07) is 13.7. The number of alkyl halides is 3. The maximum absolute atomic E-state index is 15.2. The summed E-state index contributed by atoms with van der Waals surface area (Å²) in [5, 5.41) is 8.92. The summed E-state index contributed by atoms with van der Waals surface area (Å²) < 4.78 is 86.2. The van der Waals surface area contributed by atoms with Crippen LogP contribution in [-0.2, 0) is 11.6 Å². The lowest BCUT2D eigenvalue weighted by Gasteiger charge is -2.42.